The van der Waals surface area contributed by atoms with Gasteiger partial charge in [-0.2, -0.15) is 13.2 Å². The molecule has 6 nitrogen and oxygen atoms in total. The Morgan fingerprint density at radius 3 is 2.50 bits per heavy atom. The van der Waals surface area contributed by atoms with Crippen molar-refractivity contribution in [1.82, 2.24) is 4.98 Å². The molecule has 4 aromatic rings. The van der Waals surface area contributed by atoms with Crippen LogP contribution in [0.2, 0.25) is 0 Å². The number of fused-ring (bicyclic) bond motifs is 5. The molecule has 2 N–H and O–H groups in total. The zero-order valence-corrected chi connectivity index (χ0v) is 17.3. The summed E-state index contributed by atoms with van der Waals surface area (Å²) in [6, 6.07) is 14.5. The van der Waals surface area contributed by atoms with Gasteiger partial charge in [-0.25, -0.2) is 4.79 Å². The second-order valence-electron chi connectivity index (χ2n) is 7.75. The van der Waals surface area contributed by atoms with Gasteiger partial charge in [0.05, 0.1) is 11.1 Å². The topological polar surface area (TPSA) is 88.9 Å². The van der Waals surface area contributed by atoms with Gasteiger partial charge < -0.3 is 19.7 Å². The largest absolute Gasteiger partial charge is 0.508 e. The van der Waals surface area contributed by atoms with Gasteiger partial charge in [-0.15, -0.1) is 0 Å². The van der Waals surface area contributed by atoms with Gasteiger partial charge in [0, 0.05) is 34.3 Å². The first-order chi connectivity index (χ1) is 16.2. The molecule has 0 saturated heterocycles. The minimum atomic E-state index is -4.53. The molecule has 2 heterocycles. The number of halogens is 3. The quantitative estimate of drug-likeness (QED) is 0.408. The second kappa shape index (κ2) is 7.95. The number of hydrogen-bond acceptors (Lipinski definition) is 5. The average Bonchev–Trinajstić information content (AvgIpc) is 2.81. The highest BCUT2D eigenvalue weighted by Crippen LogP contribution is 2.48. The van der Waals surface area contributed by atoms with Crippen molar-refractivity contribution in [2.75, 3.05) is 6.61 Å². The number of aromatic hydroxyl groups is 1. The van der Waals surface area contributed by atoms with Crippen molar-refractivity contribution < 1.29 is 37.7 Å². The molecule has 5 rings (SSSR count). The van der Waals surface area contributed by atoms with Crippen molar-refractivity contribution in [3.63, 3.8) is 0 Å². The maximum atomic E-state index is 13.3. The standard InChI is InChI=1S/C25H16F3NO5/c26-25(27,28)14-3-7-17-19-11-29-20-10-15(30)4-8-18(20)23(19)24(34-21(17)9-14)13-1-5-16(6-2-13)33-12-22(31)32/h1-11,24,30H,12H2,(H,31,32). The maximum absolute atomic E-state index is 13.3. The fourth-order valence-electron chi connectivity index (χ4n) is 4.02. The van der Waals surface area contributed by atoms with E-state index in [-0.39, 0.29) is 11.5 Å². The maximum Gasteiger partial charge on any atom is 0.416 e. The third-order valence-electron chi connectivity index (χ3n) is 5.55. The Kier molecular flexibility index (Phi) is 5.04. The van der Waals surface area contributed by atoms with Crippen LogP contribution in [0.5, 0.6) is 17.2 Å². The molecular formula is C25H16F3NO5. The number of carboxylic acid groups (broad SMARTS) is 1. The molecule has 0 fully saturated rings. The van der Waals surface area contributed by atoms with Gasteiger partial charge >= 0.3 is 12.1 Å². The SMILES string of the molecule is O=C(O)COc1ccc(C2Oc3cc(C(F)(F)F)ccc3-c3cnc4cc(O)ccc4c32)cc1. The van der Waals surface area contributed by atoms with Crippen molar-refractivity contribution in [3.8, 4) is 28.4 Å². The van der Waals surface area contributed by atoms with E-state index in [0.29, 0.717) is 38.9 Å². The van der Waals surface area contributed by atoms with Crippen molar-refractivity contribution in [2.24, 2.45) is 0 Å². The van der Waals surface area contributed by atoms with E-state index in [9.17, 15) is 23.1 Å². The smallest absolute Gasteiger partial charge is 0.416 e. The van der Waals surface area contributed by atoms with Crippen molar-refractivity contribution in [1.29, 1.82) is 0 Å². The van der Waals surface area contributed by atoms with E-state index in [2.05, 4.69) is 4.98 Å². The van der Waals surface area contributed by atoms with E-state index >= 15 is 0 Å². The second-order valence-corrected chi connectivity index (χ2v) is 7.75. The lowest BCUT2D eigenvalue weighted by molar-refractivity contribution is -0.139. The zero-order chi connectivity index (χ0) is 24.0. The Bertz CT molecular complexity index is 1420. The summed E-state index contributed by atoms with van der Waals surface area (Å²) < 4.78 is 51.3. The molecule has 0 amide bonds. The molecule has 1 aliphatic rings. The number of pyridine rings is 1. The Morgan fingerprint density at radius 1 is 1.03 bits per heavy atom. The molecule has 1 aliphatic heterocycles. The molecule has 1 atom stereocenters. The van der Waals surface area contributed by atoms with Crippen molar-refractivity contribution in [3.05, 3.63) is 83.6 Å². The first kappa shape index (κ1) is 21.6. The van der Waals surface area contributed by atoms with Crippen LogP contribution in [0.4, 0.5) is 13.2 Å². The molecule has 0 aliphatic carbocycles. The van der Waals surface area contributed by atoms with Crippen molar-refractivity contribution in [2.45, 2.75) is 12.3 Å². The minimum Gasteiger partial charge on any atom is -0.508 e. The van der Waals surface area contributed by atoms with Gasteiger partial charge in [-0.1, -0.05) is 12.1 Å². The molecule has 34 heavy (non-hydrogen) atoms. The molecule has 9 heteroatoms. The van der Waals surface area contributed by atoms with Crippen LogP contribution in [0.25, 0.3) is 22.0 Å². The van der Waals surface area contributed by atoms with Crippen LogP contribution in [0.15, 0.2) is 66.9 Å². The van der Waals surface area contributed by atoms with E-state index in [1.165, 1.54) is 18.2 Å². The molecular weight excluding hydrogens is 451 g/mol. The summed E-state index contributed by atoms with van der Waals surface area (Å²) in [6.45, 7) is -0.504. The van der Waals surface area contributed by atoms with E-state index in [1.807, 2.05) is 0 Å². The predicted molar refractivity (Wildman–Crippen MR) is 116 cm³/mol. The van der Waals surface area contributed by atoms with Gasteiger partial charge in [0.25, 0.3) is 0 Å². The number of hydrogen-bond donors (Lipinski definition) is 2. The molecule has 0 radical (unpaired) electrons. The zero-order valence-electron chi connectivity index (χ0n) is 17.3. The van der Waals surface area contributed by atoms with Crippen LogP contribution in [0.3, 0.4) is 0 Å². The highest BCUT2D eigenvalue weighted by molar-refractivity contribution is 5.92. The molecule has 1 unspecified atom stereocenters. The van der Waals surface area contributed by atoms with E-state index in [0.717, 1.165) is 12.1 Å². The highest BCUT2D eigenvalue weighted by Gasteiger charge is 2.35. The Hall–Kier alpha value is -4.27. The van der Waals surface area contributed by atoms with Crippen LogP contribution >= 0.6 is 0 Å². The average molecular weight is 467 g/mol. The van der Waals surface area contributed by atoms with Crippen LogP contribution < -0.4 is 9.47 Å². The molecule has 3 aromatic carbocycles. The number of aromatic nitrogens is 1. The van der Waals surface area contributed by atoms with Gasteiger partial charge in [0.15, 0.2) is 12.7 Å². The number of phenolic OH excluding ortho intramolecular Hbond substituents is 1. The number of carboxylic acids is 1. The number of rotatable bonds is 4. The molecule has 0 bridgehead atoms. The highest BCUT2D eigenvalue weighted by atomic mass is 19.4. The fourth-order valence-corrected chi connectivity index (χ4v) is 4.02. The molecule has 172 valence electrons. The molecule has 0 saturated carbocycles. The van der Waals surface area contributed by atoms with E-state index < -0.39 is 30.4 Å². The molecule has 1 aromatic heterocycles. The number of alkyl halides is 3. The summed E-state index contributed by atoms with van der Waals surface area (Å²) in [7, 11) is 0. The summed E-state index contributed by atoms with van der Waals surface area (Å²) in [6.07, 6.45) is -3.76. The first-order valence-electron chi connectivity index (χ1n) is 10.1. The summed E-state index contributed by atoms with van der Waals surface area (Å²) in [4.78, 5) is 15.1. The minimum absolute atomic E-state index is 0.0309. The van der Waals surface area contributed by atoms with Crippen LogP contribution in [0, 0.1) is 0 Å². The van der Waals surface area contributed by atoms with Crippen LogP contribution in [-0.2, 0) is 11.0 Å². The van der Waals surface area contributed by atoms with Gasteiger partial charge in [0.2, 0.25) is 0 Å². The van der Waals surface area contributed by atoms with Crippen LogP contribution in [0.1, 0.15) is 22.8 Å². The lowest BCUT2D eigenvalue weighted by Crippen LogP contribution is -2.17. The lowest BCUT2D eigenvalue weighted by atomic mass is 9.87. The Balaban J connectivity index is 1.67. The number of phenols is 1. The number of aliphatic carboxylic acids is 1. The monoisotopic (exact) mass is 467 g/mol. The predicted octanol–water partition coefficient (Wildman–Crippen LogP) is 5.57. The van der Waals surface area contributed by atoms with E-state index in [1.54, 1.807) is 36.5 Å². The third-order valence-corrected chi connectivity index (χ3v) is 5.55. The van der Waals surface area contributed by atoms with Gasteiger partial charge in [0.1, 0.15) is 17.2 Å². The number of nitrogens with zero attached hydrogens (tertiary/aromatic N) is 1. The molecule has 0 spiro atoms. The normalized spacial score (nSPS) is 14.7. The Morgan fingerprint density at radius 2 is 1.79 bits per heavy atom. The van der Waals surface area contributed by atoms with Crippen molar-refractivity contribution >= 4 is 16.9 Å². The Labute approximate surface area is 190 Å². The van der Waals surface area contributed by atoms with E-state index in [4.69, 9.17) is 14.6 Å². The summed E-state index contributed by atoms with van der Waals surface area (Å²) in [5.74, 6) is -0.693. The number of ether oxygens (including phenoxy) is 2. The summed E-state index contributed by atoms with van der Waals surface area (Å²) >= 11 is 0. The van der Waals surface area contributed by atoms with Crippen LogP contribution in [-0.4, -0.2) is 27.8 Å². The number of benzene rings is 3. The van der Waals surface area contributed by atoms with Gasteiger partial charge in [-0.3, -0.25) is 4.98 Å². The lowest BCUT2D eigenvalue weighted by Gasteiger charge is -2.30. The summed E-state index contributed by atoms with van der Waals surface area (Å²) in [5.41, 5.74) is 2.07. The fraction of sp³-hybridized carbons (Fsp3) is 0.120. The van der Waals surface area contributed by atoms with Gasteiger partial charge in [-0.05, 0) is 48.0 Å². The third kappa shape index (κ3) is 3.85. The summed E-state index contributed by atoms with van der Waals surface area (Å²) in [5, 5.41) is 19.3. The first-order valence-corrected chi connectivity index (χ1v) is 10.1. The number of carbonyl (C=O) groups is 1.